The van der Waals surface area contributed by atoms with E-state index in [1.165, 1.54) is 70.6 Å². The Hall–Kier alpha value is -0.260. The minimum absolute atomic E-state index is 0.495. The zero-order valence-electron chi connectivity index (χ0n) is 14.0. The molecule has 0 heteroatoms. The Balaban J connectivity index is 2.84. The Morgan fingerprint density at radius 1 is 0.789 bits per heavy atom. The van der Waals surface area contributed by atoms with Crippen molar-refractivity contribution in [2.75, 3.05) is 0 Å². The predicted octanol–water partition coefficient (Wildman–Crippen LogP) is 6.90. The third-order valence-electron chi connectivity index (χ3n) is 5.49. The zero-order valence-corrected chi connectivity index (χ0v) is 14.0. The summed E-state index contributed by atoms with van der Waals surface area (Å²) in [6.45, 7) is 13.9. The molecule has 0 radical (unpaired) electrons. The number of hydrogen-bond donors (Lipinski definition) is 0. The van der Waals surface area contributed by atoms with E-state index in [4.69, 9.17) is 0 Å². The minimum Gasteiger partial charge on any atom is -0.0993 e. The van der Waals surface area contributed by atoms with Crippen LogP contribution in [0, 0.1) is 10.8 Å². The van der Waals surface area contributed by atoms with E-state index in [1.54, 1.807) is 5.57 Å². The highest BCUT2D eigenvalue weighted by Crippen LogP contribution is 2.56. The summed E-state index contributed by atoms with van der Waals surface area (Å²) in [5, 5.41) is 0. The first-order valence-corrected chi connectivity index (χ1v) is 8.76. The molecule has 1 aliphatic carbocycles. The molecule has 19 heavy (non-hydrogen) atoms. The van der Waals surface area contributed by atoms with Gasteiger partial charge in [0.2, 0.25) is 0 Å². The van der Waals surface area contributed by atoms with Crippen LogP contribution in [-0.2, 0) is 0 Å². The normalized spacial score (nSPS) is 21.6. The lowest BCUT2D eigenvalue weighted by molar-refractivity contribution is 0.102. The molecule has 0 unspecified atom stereocenters. The number of rotatable bonds is 8. The summed E-state index contributed by atoms with van der Waals surface area (Å²) in [5.74, 6) is 0. The molecular formula is C19H36. The van der Waals surface area contributed by atoms with Gasteiger partial charge < -0.3 is 0 Å². The lowest BCUT2D eigenvalue weighted by Crippen LogP contribution is -2.36. The van der Waals surface area contributed by atoms with Gasteiger partial charge in [0, 0.05) is 0 Å². The Bertz CT molecular complexity index is 262. The van der Waals surface area contributed by atoms with Crippen molar-refractivity contribution in [2.24, 2.45) is 10.8 Å². The van der Waals surface area contributed by atoms with Crippen LogP contribution in [0.25, 0.3) is 0 Å². The van der Waals surface area contributed by atoms with Crippen LogP contribution in [-0.4, -0.2) is 0 Å². The summed E-state index contributed by atoms with van der Waals surface area (Å²) in [6.07, 6.45) is 15.0. The van der Waals surface area contributed by atoms with Gasteiger partial charge in [0.25, 0.3) is 0 Å². The van der Waals surface area contributed by atoms with Gasteiger partial charge in [-0.1, -0.05) is 65.5 Å². The molecule has 1 fully saturated rings. The smallest absolute Gasteiger partial charge is 0.00905 e. The maximum Gasteiger partial charge on any atom is -0.00905 e. The maximum atomic E-state index is 4.56. The van der Waals surface area contributed by atoms with Gasteiger partial charge in [-0.05, 0) is 55.8 Å². The molecule has 0 spiro atoms. The summed E-state index contributed by atoms with van der Waals surface area (Å²) in [7, 11) is 0. The highest BCUT2D eigenvalue weighted by atomic mass is 14.5. The van der Waals surface area contributed by atoms with Crippen molar-refractivity contribution in [3.8, 4) is 0 Å². The average Bonchev–Trinajstić information content (AvgIpc) is 2.36. The van der Waals surface area contributed by atoms with E-state index in [2.05, 4.69) is 34.3 Å². The molecule has 0 aromatic carbocycles. The number of allylic oxidation sites excluding steroid dienone is 1. The van der Waals surface area contributed by atoms with Gasteiger partial charge in [-0.2, -0.15) is 0 Å². The van der Waals surface area contributed by atoms with Crippen molar-refractivity contribution in [3.05, 3.63) is 12.2 Å². The predicted molar refractivity (Wildman–Crippen MR) is 87.5 cm³/mol. The highest BCUT2D eigenvalue weighted by Gasteiger charge is 2.42. The van der Waals surface area contributed by atoms with Crippen LogP contribution in [0.1, 0.15) is 98.3 Å². The zero-order chi connectivity index (χ0) is 14.4. The Kier molecular flexibility index (Phi) is 6.63. The molecule has 0 atom stereocenters. The van der Waals surface area contributed by atoms with Crippen molar-refractivity contribution in [3.63, 3.8) is 0 Å². The highest BCUT2D eigenvalue weighted by molar-refractivity contribution is 5.17. The van der Waals surface area contributed by atoms with E-state index in [1.807, 2.05) is 0 Å². The summed E-state index contributed by atoms with van der Waals surface area (Å²) in [6, 6.07) is 0. The molecule has 1 saturated carbocycles. The van der Waals surface area contributed by atoms with Gasteiger partial charge in [0.05, 0.1) is 0 Å². The average molecular weight is 264 g/mol. The van der Waals surface area contributed by atoms with Crippen molar-refractivity contribution in [1.82, 2.24) is 0 Å². The Morgan fingerprint density at radius 2 is 1.26 bits per heavy atom. The third kappa shape index (κ3) is 3.86. The van der Waals surface area contributed by atoms with Crippen molar-refractivity contribution in [1.29, 1.82) is 0 Å². The molecule has 0 aliphatic heterocycles. The molecule has 112 valence electrons. The summed E-state index contributed by atoms with van der Waals surface area (Å²) in [4.78, 5) is 0. The van der Waals surface area contributed by atoms with Gasteiger partial charge in [0.1, 0.15) is 0 Å². The first-order valence-electron chi connectivity index (χ1n) is 8.76. The lowest BCUT2D eigenvalue weighted by atomic mass is 9.56. The summed E-state index contributed by atoms with van der Waals surface area (Å²) in [5.41, 5.74) is 2.70. The van der Waals surface area contributed by atoms with E-state index >= 15 is 0 Å². The van der Waals surface area contributed by atoms with E-state index < -0.39 is 0 Å². The standard InChI is InChI=1S/C19H36/c1-6-10-18(11-7-2)14-15-19(12-8-3,13-9-4)17(5)16-18/h5-16H2,1-4H3. The van der Waals surface area contributed by atoms with Gasteiger partial charge >= 0.3 is 0 Å². The Labute approximate surface area is 122 Å². The second-order valence-corrected chi connectivity index (χ2v) is 7.06. The summed E-state index contributed by atoms with van der Waals surface area (Å²) >= 11 is 0. The van der Waals surface area contributed by atoms with E-state index in [0.29, 0.717) is 10.8 Å². The largest absolute Gasteiger partial charge is 0.0993 e. The first-order chi connectivity index (χ1) is 9.08. The van der Waals surface area contributed by atoms with Crippen molar-refractivity contribution in [2.45, 2.75) is 98.3 Å². The second-order valence-electron chi connectivity index (χ2n) is 7.06. The lowest BCUT2D eigenvalue weighted by Gasteiger charge is -2.49. The van der Waals surface area contributed by atoms with Crippen LogP contribution in [0.3, 0.4) is 0 Å². The quantitative estimate of drug-likeness (QED) is 0.418. The summed E-state index contributed by atoms with van der Waals surface area (Å²) < 4.78 is 0. The van der Waals surface area contributed by atoms with E-state index in [0.717, 1.165) is 0 Å². The van der Waals surface area contributed by atoms with Gasteiger partial charge in [-0.15, -0.1) is 0 Å². The van der Waals surface area contributed by atoms with Crippen LogP contribution >= 0.6 is 0 Å². The van der Waals surface area contributed by atoms with Crippen LogP contribution in [0.4, 0.5) is 0 Å². The molecule has 0 N–H and O–H groups in total. The van der Waals surface area contributed by atoms with Crippen LogP contribution < -0.4 is 0 Å². The molecule has 0 aromatic heterocycles. The second kappa shape index (κ2) is 7.50. The fourth-order valence-corrected chi connectivity index (χ4v) is 4.71. The van der Waals surface area contributed by atoms with E-state index in [9.17, 15) is 0 Å². The first kappa shape index (κ1) is 16.8. The molecule has 0 heterocycles. The molecule has 0 bridgehead atoms. The SMILES string of the molecule is C=C1CC(CCC)(CCC)CCC1(CCC)CCC. The van der Waals surface area contributed by atoms with Crippen molar-refractivity contribution >= 4 is 0 Å². The Morgan fingerprint density at radius 3 is 1.63 bits per heavy atom. The van der Waals surface area contributed by atoms with Gasteiger partial charge in [-0.3, -0.25) is 0 Å². The number of hydrogen-bond acceptors (Lipinski definition) is 0. The van der Waals surface area contributed by atoms with Crippen LogP contribution in [0.5, 0.6) is 0 Å². The van der Waals surface area contributed by atoms with Gasteiger partial charge in [-0.25, -0.2) is 0 Å². The molecule has 0 amide bonds. The topological polar surface area (TPSA) is 0 Å². The van der Waals surface area contributed by atoms with Gasteiger partial charge in [0.15, 0.2) is 0 Å². The molecule has 0 nitrogen and oxygen atoms in total. The fraction of sp³-hybridized carbons (Fsp3) is 0.895. The molecule has 1 aliphatic rings. The molecule has 1 rings (SSSR count). The van der Waals surface area contributed by atoms with Crippen LogP contribution in [0.15, 0.2) is 12.2 Å². The van der Waals surface area contributed by atoms with Crippen molar-refractivity contribution < 1.29 is 0 Å². The van der Waals surface area contributed by atoms with E-state index in [-0.39, 0.29) is 0 Å². The monoisotopic (exact) mass is 264 g/mol. The molecule has 0 saturated heterocycles. The maximum absolute atomic E-state index is 4.56. The molecule has 0 aromatic rings. The fourth-order valence-electron chi connectivity index (χ4n) is 4.71. The third-order valence-corrected chi connectivity index (χ3v) is 5.49. The molecular weight excluding hydrogens is 228 g/mol. The minimum atomic E-state index is 0.495. The van der Waals surface area contributed by atoms with Crippen LogP contribution in [0.2, 0.25) is 0 Å².